The first kappa shape index (κ1) is 12.2. The lowest BCUT2D eigenvalue weighted by Gasteiger charge is -2.27. The third-order valence-electron chi connectivity index (χ3n) is 2.25. The molecule has 3 amide bonds. The Kier molecular flexibility index (Phi) is 4.04. The Morgan fingerprint density at radius 3 is 2.69 bits per heavy atom. The first-order chi connectivity index (χ1) is 7.50. The Morgan fingerprint density at radius 2 is 2.06 bits per heavy atom. The van der Waals surface area contributed by atoms with Gasteiger partial charge in [-0.15, -0.1) is 0 Å². The van der Waals surface area contributed by atoms with Gasteiger partial charge in [-0.05, 0) is 19.3 Å². The summed E-state index contributed by atoms with van der Waals surface area (Å²) in [6, 6.07) is -0.399. The van der Waals surface area contributed by atoms with Gasteiger partial charge in [-0.3, -0.25) is 14.9 Å². The Bertz CT molecular complexity index is 345. The second kappa shape index (κ2) is 5.29. The van der Waals surface area contributed by atoms with E-state index in [2.05, 4.69) is 10.6 Å². The predicted molar refractivity (Wildman–Crippen MR) is 55.4 cm³/mol. The molecule has 0 aromatic rings. The van der Waals surface area contributed by atoms with Gasteiger partial charge in [0.25, 0.3) is 5.97 Å². The fourth-order valence-corrected chi connectivity index (χ4v) is 1.65. The molecule has 0 bridgehead atoms. The van der Waals surface area contributed by atoms with E-state index in [-0.39, 0.29) is 11.8 Å². The van der Waals surface area contributed by atoms with Crippen molar-refractivity contribution in [2.24, 2.45) is 5.92 Å². The van der Waals surface area contributed by atoms with Crippen molar-refractivity contribution in [3.8, 4) is 0 Å². The largest absolute Gasteiger partial charge is 0.481 e. The average Bonchev–Trinajstić information content (AvgIpc) is 2.16. The molecular formula is C10H14N2O4. The van der Waals surface area contributed by atoms with Gasteiger partial charge in [0, 0.05) is 12.6 Å². The van der Waals surface area contributed by atoms with E-state index >= 15 is 0 Å². The van der Waals surface area contributed by atoms with E-state index in [1.54, 1.807) is 0 Å². The summed E-state index contributed by atoms with van der Waals surface area (Å²) in [5.41, 5.74) is 0.787. The van der Waals surface area contributed by atoms with Crippen LogP contribution in [0, 0.1) is 5.92 Å². The van der Waals surface area contributed by atoms with Gasteiger partial charge >= 0.3 is 6.03 Å². The van der Waals surface area contributed by atoms with Gasteiger partial charge in [-0.1, -0.05) is 6.08 Å². The minimum absolute atomic E-state index is 0.114. The number of carboxylic acids is 1. The van der Waals surface area contributed by atoms with E-state index in [0.717, 1.165) is 31.9 Å². The van der Waals surface area contributed by atoms with Crippen molar-refractivity contribution in [2.45, 2.75) is 26.2 Å². The smallest absolute Gasteiger partial charge is 0.325 e. The molecule has 6 heteroatoms. The summed E-state index contributed by atoms with van der Waals surface area (Å²) in [6.07, 6.45) is 4.76. The molecule has 6 nitrogen and oxygen atoms in total. The van der Waals surface area contributed by atoms with Gasteiger partial charge < -0.3 is 10.4 Å². The number of hydrogen-bond donors (Lipinski definition) is 3. The third kappa shape index (κ3) is 3.38. The molecule has 0 aromatic heterocycles. The maximum absolute atomic E-state index is 11.2. The number of nitrogens with one attached hydrogen (secondary N) is 2. The van der Waals surface area contributed by atoms with E-state index < -0.39 is 12.0 Å². The highest BCUT2D eigenvalue weighted by Crippen LogP contribution is 2.24. The van der Waals surface area contributed by atoms with Crippen LogP contribution in [0.3, 0.4) is 0 Å². The van der Waals surface area contributed by atoms with E-state index in [9.17, 15) is 9.59 Å². The number of amides is 3. The maximum atomic E-state index is 11.2. The normalized spacial score (nSPS) is 22.8. The second-order valence-electron chi connectivity index (χ2n) is 3.61. The molecule has 2 rings (SSSR count). The lowest BCUT2D eigenvalue weighted by Crippen LogP contribution is -2.51. The summed E-state index contributed by atoms with van der Waals surface area (Å²) in [5, 5.41) is 12.3. The second-order valence-corrected chi connectivity index (χ2v) is 3.61. The van der Waals surface area contributed by atoms with Crippen molar-refractivity contribution >= 4 is 17.9 Å². The lowest BCUT2D eigenvalue weighted by atomic mass is 9.90. The fraction of sp³-hybridized carbons (Fsp3) is 0.500. The summed E-state index contributed by atoms with van der Waals surface area (Å²) >= 11 is 0. The molecule has 1 aliphatic carbocycles. The van der Waals surface area contributed by atoms with Crippen LogP contribution in [0.4, 0.5) is 4.79 Å². The van der Waals surface area contributed by atoms with Crippen LogP contribution < -0.4 is 10.6 Å². The van der Waals surface area contributed by atoms with E-state index in [1.165, 1.54) is 0 Å². The summed E-state index contributed by atoms with van der Waals surface area (Å²) in [4.78, 5) is 31.1. The van der Waals surface area contributed by atoms with Crippen LogP contribution in [-0.4, -0.2) is 23.0 Å². The van der Waals surface area contributed by atoms with Gasteiger partial charge in [-0.25, -0.2) is 4.79 Å². The van der Waals surface area contributed by atoms with Crippen molar-refractivity contribution in [2.75, 3.05) is 0 Å². The number of carbonyl (C=O) groups is 3. The zero-order valence-electron chi connectivity index (χ0n) is 8.95. The third-order valence-corrected chi connectivity index (χ3v) is 2.25. The molecule has 1 heterocycles. The van der Waals surface area contributed by atoms with Gasteiger partial charge in [0.15, 0.2) is 0 Å². The molecule has 1 aliphatic heterocycles. The van der Waals surface area contributed by atoms with Gasteiger partial charge in [0.05, 0.1) is 5.92 Å². The molecule has 2 aliphatic rings. The average molecular weight is 226 g/mol. The highest BCUT2D eigenvalue weighted by atomic mass is 16.4. The van der Waals surface area contributed by atoms with Crippen molar-refractivity contribution in [1.29, 1.82) is 0 Å². The minimum Gasteiger partial charge on any atom is -0.481 e. The molecular weight excluding hydrogens is 212 g/mol. The number of aliphatic carboxylic acids is 1. The molecule has 16 heavy (non-hydrogen) atoms. The molecule has 88 valence electrons. The number of urea groups is 1. The molecule has 1 fully saturated rings. The Labute approximate surface area is 92.7 Å². The van der Waals surface area contributed by atoms with Crippen molar-refractivity contribution in [1.82, 2.24) is 10.6 Å². The molecule has 1 unspecified atom stereocenters. The van der Waals surface area contributed by atoms with Gasteiger partial charge in [0.1, 0.15) is 0 Å². The number of carboxylic acid groups (broad SMARTS) is 1. The Hall–Kier alpha value is -1.85. The van der Waals surface area contributed by atoms with Crippen LogP contribution in [0.1, 0.15) is 26.2 Å². The monoisotopic (exact) mass is 226 g/mol. The van der Waals surface area contributed by atoms with Crippen LogP contribution in [-0.2, 0) is 9.59 Å². The number of fused-ring (bicyclic) bond motifs is 1. The molecule has 0 aromatic carbocycles. The van der Waals surface area contributed by atoms with Crippen LogP contribution in [0.2, 0.25) is 0 Å². The standard InChI is InChI=1S/C8H10N2O2.C2H4O2/c11-7-5-3-1-2-4-6(5)9-8(12)10-7;1-2(3)4/h4-5H,1-3H2,(H2,9,10,11,12);1H3,(H,3,4). The van der Waals surface area contributed by atoms with Gasteiger partial charge in [-0.2, -0.15) is 0 Å². The summed E-state index contributed by atoms with van der Waals surface area (Å²) in [5.74, 6) is -1.11. The molecule has 0 spiro atoms. The lowest BCUT2D eigenvalue weighted by molar-refractivity contribution is -0.134. The summed E-state index contributed by atoms with van der Waals surface area (Å²) in [7, 11) is 0. The highest BCUT2D eigenvalue weighted by molar-refractivity contribution is 6.00. The SMILES string of the molecule is CC(=O)O.O=C1NC(=O)C2CCCC=C2N1. The minimum atomic E-state index is -0.833. The Balaban J connectivity index is 0.000000280. The summed E-state index contributed by atoms with van der Waals surface area (Å²) < 4.78 is 0. The first-order valence-electron chi connectivity index (χ1n) is 5.02. The fourth-order valence-electron chi connectivity index (χ4n) is 1.65. The van der Waals surface area contributed by atoms with Crippen molar-refractivity contribution < 1.29 is 19.5 Å². The van der Waals surface area contributed by atoms with Crippen LogP contribution >= 0.6 is 0 Å². The quantitative estimate of drug-likeness (QED) is 0.563. The maximum Gasteiger partial charge on any atom is 0.325 e. The predicted octanol–water partition coefficient (Wildman–Crippen LogP) is 0.601. The number of rotatable bonds is 0. The highest BCUT2D eigenvalue weighted by Gasteiger charge is 2.31. The van der Waals surface area contributed by atoms with Crippen molar-refractivity contribution in [3.05, 3.63) is 11.8 Å². The van der Waals surface area contributed by atoms with Crippen LogP contribution in [0.5, 0.6) is 0 Å². The Morgan fingerprint density at radius 1 is 1.44 bits per heavy atom. The number of carbonyl (C=O) groups excluding carboxylic acids is 2. The van der Waals surface area contributed by atoms with E-state index in [0.29, 0.717) is 0 Å². The number of imide groups is 1. The molecule has 1 saturated heterocycles. The van der Waals surface area contributed by atoms with E-state index in [1.807, 2.05) is 6.08 Å². The summed E-state index contributed by atoms with van der Waals surface area (Å²) in [6.45, 7) is 1.08. The number of hydrogen-bond acceptors (Lipinski definition) is 3. The van der Waals surface area contributed by atoms with E-state index in [4.69, 9.17) is 9.90 Å². The molecule has 0 saturated carbocycles. The van der Waals surface area contributed by atoms with Crippen molar-refractivity contribution in [3.63, 3.8) is 0 Å². The zero-order chi connectivity index (χ0) is 12.1. The van der Waals surface area contributed by atoms with Crippen LogP contribution in [0.25, 0.3) is 0 Å². The topological polar surface area (TPSA) is 95.5 Å². The molecule has 0 radical (unpaired) electrons. The molecule has 1 atom stereocenters. The van der Waals surface area contributed by atoms with Gasteiger partial charge in [0.2, 0.25) is 5.91 Å². The molecule has 3 N–H and O–H groups in total. The zero-order valence-corrected chi connectivity index (χ0v) is 8.95. The first-order valence-corrected chi connectivity index (χ1v) is 5.02. The number of allylic oxidation sites excluding steroid dienone is 1. The van der Waals surface area contributed by atoms with Crippen LogP contribution in [0.15, 0.2) is 11.8 Å².